The SMILES string of the molecule is CC.CC/C=C\C(CCC)CCC.CCCCC1=CCC=CC(C)=N1. The molecule has 1 heterocycles. The minimum Gasteiger partial charge on any atom is -0.259 e. The van der Waals surface area contributed by atoms with Gasteiger partial charge in [-0.3, -0.25) is 4.99 Å². The number of hydrogen-bond acceptors (Lipinski definition) is 1. The van der Waals surface area contributed by atoms with Crippen LogP contribution >= 0.6 is 0 Å². The molecule has 0 N–H and O–H groups in total. The Balaban J connectivity index is 0. The highest BCUT2D eigenvalue weighted by atomic mass is 14.7. The monoisotopic (exact) mass is 347 g/mol. The molecule has 0 saturated heterocycles. The standard InChI is InChI=1S/C11H17N.C11H22.C2H6/c1-3-4-8-11-9-6-5-7-10(2)12-11;1-4-7-10-11(8-5-2)9-6-3;1-2/h5,7,9H,3-4,6,8H2,1-2H3;7,10-11H,4-6,8-9H2,1-3H3;1-2H3/b;10-7-;. The van der Waals surface area contributed by atoms with E-state index in [9.17, 15) is 0 Å². The van der Waals surface area contributed by atoms with E-state index in [1.54, 1.807) is 0 Å². The molecule has 0 amide bonds. The fraction of sp³-hybridized carbons (Fsp3) is 0.708. The molecule has 0 atom stereocenters. The summed E-state index contributed by atoms with van der Waals surface area (Å²) < 4.78 is 0. The van der Waals surface area contributed by atoms with Gasteiger partial charge in [0.25, 0.3) is 0 Å². The van der Waals surface area contributed by atoms with Gasteiger partial charge in [-0.25, -0.2) is 0 Å². The molecule has 0 bridgehead atoms. The van der Waals surface area contributed by atoms with Crippen LogP contribution < -0.4 is 0 Å². The second kappa shape index (κ2) is 20.9. The maximum atomic E-state index is 4.50. The summed E-state index contributed by atoms with van der Waals surface area (Å²) in [7, 11) is 0. The van der Waals surface area contributed by atoms with Gasteiger partial charge in [0.05, 0.1) is 0 Å². The van der Waals surface area contributed by atoms with Crippen molar-refractivity contribution in [2.24, 2.45) is 10.9 Å². The van der Waals surface area contributed by atoms with Crippen molar-refractivity contribution in [3.05, 3.63) is 36.1 Å². The van der Waals surface area contributed by atoms with Gasteiger partial charge in [0.2, 0.25) is 0 Å². The molecular weight excluding hydrogens is 302 g/mol. The molecule has 1 aliphatic rings. The number of rotatable bonds is 9. The van der Waals surface area contributed by atoms with Crippen LogP contribution in [0, 0.1) is 5.92 Å². The highest BCUT2D eigenvalue weighted by Gasteiger charge is 2.00. The van der Waals surface area contributed by atoms with E-state index in [-0.39, 0.29) is 0 Å². The third-order valence-electron chi connectivity index (χ3n) is 3.92. The molecule has 0 radical (unpaired) electrons. The van der Waals surface area contributed by atoms with Crippen molar-refractivity contribution in [3.63, 3.8) is 0 Å². The first kappa shape index (κ1) is 26.1. The molecule has 0 aliphatic carbocycles. The molecule has 0 fully saturated rings. The summed E-state index contributed by atoms with van der Waals surface area (Å²) in [5.74, 6) is 0.852. The van der Waals surface area contributed by atoms with Crippen LogP contribution in [0.4, 0.5) is 0 Å². The van der Waals surface area contributed by atoms with Crippen LogP contribution in [0.3, 0.4) is 0 Å². The van der Waals surface area contributed by atoms with Crippen LogP contribution in [-0.2, 0) is 0 Å². The number of allylic oxidation sites excluding steroid dienone is 6. The van der Waals surface area contributed by atoms with Crippen molar-refractivity contribution in [1.82, 2.24) is 0 Å². The van der Waals surface area contributed by atoms with Gasteiger partial charge in [0.15, 0.2) is 0 Å². The molecule has 0 aromatic heterocycles. The Bertz CT molecular complexity index is 379. The van der Waals surface area contributed by atoms with Gasteiger partial charge in [0.1, 0.15) is 0 Å². The molecular formula is C24H45N. The average Bonchev–Trinajstić information content (AvgIpc) is 2.84. The van der Waals surface area contributed by atoms with Crippen LogP contribution in [0.1, 0.15) is 106 Å². The predicted molar refractivity (Wildman–Crippen MR) is 119 cm³/mol. The Hall–Kier alpha value is -1.11. The maximum absolute atomic E-state index is 4.50. The molecule has 0 unspecified atom stereocenters. The molecule has 1 rings (SSSR count). The first-order chi connectivity index (χ1) is 12.2. The van der Waals surface area contributed by atoms with E-state index in [0.717, 1.165) is 24.5 Å². The maximum Gasteiger partial charge on any atom is 0.0372 e. The van der Waals surface area contributed by atoms with Crippen molar-refractivity contribution in [2.45, 2.75) is 106 Å². The summed E-state index contributed by atoms with van der Waals surface area (Å²) in [5, 5.41) is 0. The molecule has 0 aromatic carbocycles. The lowest BCUT2D eigenvalue weighted by molar-refractivity contribution is 0.528. The highest BCUT2D eigenvalue weighted by Crippen LogP contribution is 2.15. The van der Waals surface area contributed by atoms with E-state index >= 15 is 0 Å². The Kier molecular flexibility index (Phi) is 21.9. The van der Waals surface area contributed by atoms with E-state index in [0.29, 0.717) is 0 Å². The quantitative estimate of drug-likeness (QED) is 0.370. The second-order valence-corrected chi connectivity index (χ2v) is 6.36. The van der Waals surface area contributed by atoms with Gasteiger partial charge >= 0.3 is 0 Å². The smallest absolute Gasteiger partial charge is 0.0372 e. The van der Waals surface area contributed by atoms with Crippen molar-refractivity contribution in [3.8, 4) is 0 Å². The van der Waals surface area contributed by atoms with Gasteiger partial charge in [-0.2, -0.15) is 0 Å². The lowest BCUT2D eigenvalue weighted by Crippen LogP contribution is -1.94. The normalized spacial score (nSPS) is 13.4. The molecule has 1 aliphatic heterocycles. The van der Waals surface area contributed by atoms with Crippen molar-refractivity contribution >= 4 is 5.71 Å². The van der Waals surface area contributed by atoms with Gasteiger partial charge in [-0.05, 0) is 57.4 Å². The van der Waals surface area contributed by atoms with Crippen LogP contribution in [0.15, 0.2) is 41.1 Å². The zero-order valence-corrected chi connectivity index (χ0v) is 18.3. The van der Waals surface area contributed by atoms with E-state index in [2.05, 4.69) is 70.0 Å². The Morgan fingerprint density at radius 3 is 2.20 bits per heavy atom. The fourth-order valence-electron chi connectivity index (χ4n) is 2.67. The Morgan fingerprint density at radius 2 is 1.68 bits per heavy atom. The molecule has 0 spiro atoms. The van der Waals surface area contributed by atoms with Gasteiger partial charge in [0, 0.05) is 11.4 Å². The average molecular weight is 348 g/mol. The number of nitrogens with zero attached hydrogens (tertiary/aromatic N) is 1. The number of aliphatic imine (C=N–C) groups is 1. The van der Waals surface area contributed by atoms with Gasteiger partial charge in [-0.1, -0.05) is 85.1 Å². The van der Waals surface area contributed by atoms with Crippen molar-refractivity contribution < 1.29 is 0 Å². The Morgan fingerprint density at radius 1 is 1.04 bits per heavy atom. The first-order valence-corrected chi connectivity index (χ1v) is 10.7. The highest BCUT2D eigenvalue weighted by molar-refractivity contribution is 5.93. The third-order valence-corrected chi connectivity index (χ3v) is 3.92. The number of hydrogen-bond donors (Lipinski definition) is 0. The van der Waals surface area contributed by atoms with Crippen molar-refractivity contribution in [2.75, 3.05) is 0 Å². The van der Waals surface area contributed by atoms with E-state index < -0.39 is 0 Å². The molecule has 1 nitrogen and oxygen atoms in total. The fourth-order valence-corrected chi connectivity index (χ4v) is 2.67. The molecule has 25 heavy (non-hydrogen) atoms. The van der Waals surface area contributed by atoms with Gasteiger partial charge < -0.3 is 0 Å². The zero-order valence-electron chi connectivity index (χ0n) is 18.3. The Labute approximate surface area is 159 Å². The summed E-state index contributed by atoms with van der Waals surface area (Å²) in [4.78, 5) is 4.50. The van der Waals surface area contributed by atoms with Crippen LogP contribution in [0.5, 0.6) is 0 Å². The van der Waals surface area contributed by atoms with Crippen LogP contribution in [-0.4, -0.2) is 5.71 Å². The van der Waals surface area contributed by atoms with Crippen LogP contribution in [0.2, 0.25) is 0 Å². The summed E-state index contributed by atoms with van der Waals surface area (Å²) in [6, 6.07) is 0. The topological polar surface area (TPSA) is 12.4 Å². The predicted octanol–water partition coefficient (Wildman–Crippen LogP) is 8.68. The minimum atomic E-state index is 0.852. The summed E-state index contributed by atoms with van der Waals surface area (Å²) in [6.07, 6.45) is 22.4. The van der Waals surface area contributed by atoms with Crippen molar-refractivity contribution in [1.29, 1.82) is 0 Å². The first-order valence-electron chi connectivity index (χ1n) is 10.7. The minimum absolute atomic E-state index is 0.852. The summed E-state index contributed by atoms with van der Waals surface area (Å²) in [5.41, 5.74) is 2.40. The van der Waals surface area contributed by atoms with E-state index in [1.807, 2.05) is 13.8 Å². The zero-order chi connectivity index (χ0) is 19.3. The van der Waals surface area contributed by atoms with E-state index in [4.69, 9.17) is 0 Å². The largest absolute Gasteiger partial charge is 0.259 e. The number of unbranched alkanes of at least 4 members (excludes halogenated alkanes) is 1. The summed E-state index contributed by atoms with van der Waals surface area (Å²) in [6.45, 7) is 15.0. The second-order valence-electron chi connectivity index (χ2n) is 6.36. The van der Waals surface area contributed by atoms with Crippen LogP contribution in [0.25, 0.3) is 0 Å². The van der Waals surface area contributed by atoms with E-state index in [1.165, 1.54) is 50.6 Å². The summed E-state index contributed by atoms with van der Waals surface area (Å²) >= 11 is 0. The lowest BCUT2D eigenvalue weighted by Gasteiger charge is -2.08. The third kappa shape index (κ3) is 17.5. The molecule has 146 valence electrons. The lowest BCUT2D eigenvalue weighted by atomic mass is 9.98. The van der Waals surface area contributed by atoms with Gasteiger partial charge in [-0.15, -0.1) is 0 Å². The molecule has 0 saturated carbocycles. The molecule has 0 aromatic rings. The molecule has 1 heteroatoms.